The van der Waals surface area contributed by atoms with Gasteiger partial charge in [-0.2, -0.15) is 0 Å². The third kappa shape index (κ3) is 4.06. The lowest BCUT2D eigenvalue weighted by molar-refractivity contribution is -0.121. The first-order valence-electron chi connectivity index (χ1n) is 9.81. The van der Waals surface area contributed by atoms with E-state index in [4.69, 9.17) is 0 Å². The van der Waals surface area contributed by atoms with Gasteiger partial charge in [0.1, 0.15) is 5.82 Å². The molecule has 1 aromatic heterocycles. The first-order chi connectivity index (χ1) is 13.7. The quantitative estimate of drug-likeness (QED) is 0.527. The summed E-state index contributed by atoms with van der Waals surface area (Å²) in [6.07, 6.45) is 4.18. The van der Waals surface area contributed by atoms with E-state index in [-0.39, 0.29) is 24.3 Å². The van der Waals surface area contributed by atoms with E-state index >= 15 is 0 Å². The number of imidazole rings is 1. The lowest BCUT2D eigenvalue weighted by Gasteiger charge is -2.11. The molecule has 2 heterocycles. The van der Waals surface area contributed by atoms with Gasteiger partial charge in [0.15, 0.2) is 0 Å². The Morgan fingerprint density at radius 1 is 1.04 bits per heavy atom. The van der Waals surface area contributed by atoms with Crippen LogP contribution in [-0.2, 0) is 11.2 Å². The molecule has 0 saturated heterocycles. The van der Waals surface area contributed by atoms with Crippen molar-refractivity contribution in [3.63, 3.8) is 0 Å². The lowest BCUT2D eigenvalue weighted by Crippen LogP contribution is -2.29. The molecule has 28 heavy (non-hydrogen) atoms. The van der Waals surface area contributed by atoms with Gasteiger partial charge in [0, 0.05) is 18.5 Å². The zero-order valence-electron chi connectivity index (χ0n) is 15.7. The highest BCUT2D eigenvalue weighted by Gasteiger charge is 2.29. The number of carbonyl (C=O) groups excluding carboxylic acids is 2. The maximum Gasteiger partial charge on any atom is 0.252 e. The smallest absolute Gasteiger partial charge is 0.252 e. The molecule has 0 aliphatic carbocycles. The highest BCUT2D eigenvalue weighted by molar-refractivity contribution is 5.99. The van der Waals surface area contributed by atoms with Crippen LogP contribution in [0.3, 0.4) is 0 Å². The summed E-state index contributed by atoms with van der Waals surface area (Å²) < 4.78 is 0. The Kier molecular flexibility index (Phi) is 5.37. The highest BCUT2D eigenvalue weighted by atomic mass is 16.2. The van der Waals surface area contributed by atoms with Crippen LogP contribution in [0.1, 0.15) is 53.5 Å². The summed E-state index contributed by atoms with van der Waals surface area (Å²) in [7, 11) is 0. The predicted octanol–water partition coefficient (Wildman–Crippen LogP) is 3.27. The van der Waals surface area contributed by atoms with Crippen LogP contribution in [0.25, 0.3) is 11.0 Å². The number of aryl methyl sites for hydroxylation is 1. The van der Waals surface area contributed by atoms with Crippen molar-refractivity contribution >= 4 is 22.8 Å². The minimum absolute atomic E-state index is 0.0284. The number of para-hydroxylation sites is 2. The van der Waals surface area contributed by atoms with Crippen LogP contribution in [-0.4, -0.2) is 28.3 Å². The highest BCUT2D eigenvalue weighted by Crippen LogP contribution is 2.27. The SMILES string of the molecule is O=C(CC1NC(=O)c2ccccc21)NCCCCCc1nc2ccccc2[nH]1. The summed E-state index contributed by atoms with van der Waals surface area (Å²) in [4.78, 5) is 32.0. The van der Waals surface area contributed by atoms with E-state index in [1.807, 2.05) is 42.5 Å². The Bertz CT molecular complexity index is 962. The summed E-state index contributed by atoms with van der Waals surface area (Å²) in [5, 5.41) is 5.84. The van der Waals surface area contributed by atoms with Crippen molar-refractivity contribution in [3.8, 4) is 0 Å². The number of unbranched alkanes of at least 4 members (excludes halogenated alkanes) is 2. The number of nitrogens with one attached hydrogen (secondary N) is 3. The number of aromatic nitrogens is 2. The van der Waals surface area contributed by atoms with E-state index in [1.165, 1.54) is 0 Å². The Morgan fingerprint density at radius 2 is 1.86 bits per heavy atom. The summed E-state index contributed by atoms with van der Waals surface area (Å²) in [6, 6.07) is 15.2. The second-order valence-corrected chi connectivity index (χ2v) is 7.18. The summed E-state index contributed by atoms with van der Waals surface area (Å²) in [6.45, 7) is 0.654. The van der Waals surface area contributed by atoms with Crippen LogP contribution in [0, 0.1) is 0 Å². The van der Waals surface area contributed by atoms with Crippen LogP contribution < -0.4 is 10.6 Å². The fraction of sp³-hybridized carbons (Fsp3) is 0.318. The molecule has 0 saturated carbocycles. The molecular formula is C22H24N4O2. The van der Waals surface area contributed by atoms with Gasteiger partial charge in [0.05, 0.1) is 23.5 Å². The molecule has 0 bridgehead atoms. The fourth-order valence-electron chi connectivity index (χ4n) is 3.69. The van der Waals surface area contributed by atoms with E-state index in [9.17, 15) is 9.59 Å². The fourth-order valence-corrected chi connectivity index (χ4v) is 3.69. The van der Waals surface area contributed by atoms with Crippen LogP contribution in [0.5, 0.6) is 0 Å². The van der Waals surface area contributed by atoms with Crippen molar-refractivity contribution in [2.45, 2.75) is 38.1 Å². The van der Waals surface area contributed by atoms with Crippen molar-refractivity contribution in [1.29, 1.82) is 0 Å². The van der Waals surface area contributed by atoms with E-state index < -0.39 is 0 Å². The second-order valence-electron chi connectivity index (χ2n) is 7.18. The molecule has 3 N–H and O–H groups in total. The third-order valence-electron chi connectivity index (χ3n) is 5.13. The number of hydrogen-bond acceptors (Lipinski definition) is 3. The Labute approximate surface area is 163 Å². The minimum atomic E-state index is -0.225. The van der Waals surface area contributed by atoms with Crippen LogP contribution in [0.2, 0.25) is 0 Å². The molecule has 1 atom stereocenters. The van der Waals surface area contributed by atoms with Gasteiger partial charge in [-0.15, -0.1) is 0 Å². The van der Waals surface area contributed by atoms with Crippen molar-refractivity contribution in [3.05, 3.63) is 65.5 Å². The monoisotopic (exact) mass is 376 g/mol. The van der Waals surface area contributed by atoms with Gasteiger partial charge in [-0.25, -0.2) is 4.98 Å². The van der Waals surface area contributed by atoms with Gasteiger partial charge in [0.2, 0.25) is 5.91 Å². The van der Waals surface area contributed by atoms with E-state index in [1.54, 1.807) is 6.07 Å². The number of benzene rings is 2. The number of rotatable bonds is 8. The molecule has 1 aliphatic heterocycles. The predicted molar refractivity (Wildman–Crippen MR) is 108 cm³/mol. The van der Waals surface area contributed by atoms with Gasteiger partial charge in [-0.1, -0.05) is 36.8 Å². The summed E-state index contributed by atoms with van der Waals surface area (Å²) >= 11 is 0. The number of fused-ring (bicyclic) bond motifs is 2. The lowest BCUT2D eigenvalue weighted by atomic mass is 10.0. The molecule has 2 aromatic carbocycles. The van der Waals surface area contributed by atoms with E-state index in [0.29, 0.717) is 12.1 Å². The molecule has 6 heteroatoms. The van der Waals surface area contributed by atoms with Crippen molar-refractivity contribution < 1.29 is 9.59 Å². The molecule has 4 rings (SSSR count). The maximum atomic E-state index is 12.2. The van der Waals surface area contributed by atoms with Crippen LogP contribution >= 0.6 is 0 Å². The van der Waals surface area contributed by atoms with Gasteiger partial charge in [-0.3, -0.25) is 9.59 Å². The van der Waals surface area contributed by atoms with Gasteiger partial charge >= 0.3 is 0 Å². The number of hydrogen-bond donors (Lipinski definition) is 3. The number of nitrogens with zero attached hydrogens (tertiary/aromatic N) is 1. The largest absolute Gasteiger partial charge is 0.356 e. The first kappa shape index (κ1) is 18.2. The van der Waals surface area contributed by atoms with Crippen LogP contribution in [0.15, 0.2) is 48.5 Å². The molecule has 0 spiro atoms. The molecule has 0 fully saturated rings. The summed E-state index contributed by atoms with van der Waals surface area (Å²) in [5.41, 5.74) is 3.66. The molecule has 144 valence electrons. The molecule has 2 amide bonds. The zero-order chi connectivity index (χ0) is 19.3. The second kappa shape index (κ2) is 8.25. The van der Waals surface area contributed by atoms with Gasteiger partial charge in [0.25, 0.3) is 5.91 Å². The van der Waals surface area contributed by atoms with Crippen LogP contribution in [0.4, 0.5) is 0 Å². The number of carbonyl (C=O) groups is 2. The Balaban J connectivity index is 1.15. The Morgan fingerprint density at radius 3 is 2.75 bits per heavy atom. The van der Waals surface area contributed by atoms with E-state index in [2.05, 4.69) is 20.6 Å². The minimum Gasteiger partial charge on any atom is -0.356 e. The third-order valence-corrected chi connectivity index (χ3v) is 5.13. The normalized spacial score (nSPS) is 15.4. The number of aromatic amines is 1. The molecule has 3 aromatic rings. The summed E-state index contributed by atoms with van der Waals surface area (Å²) in [5.74, 6) is 0.888. The molecule has 0 radical (unpaired) electrons. The average molecular weight is 376 g/mol. The van der Waals surface area contributed by atoms with Gasteiger partial charge < -0.3 is 15.6 Å². The van der Waals surface area contributed by atoms with Crippen molar-refractivity contribution in [2.75, 3.05) is 6.54 Å². The van der Waals surface area contributed by atoms with E-state index in [0.717, 1.165) is 48.1 Å². The average Bonchev–Trinajstić information content (AvgIpc) is 3.26. The molecule has 1 unspecified atom stereocenters. The molecule has 1 aliphatic rings. The molecule has 6 nitrogen and oxygen atoms in total. The number of H-pyrrole nitrogens is 1. The Hall–Kier alpha value is -3.15. The standard InChI is InChI=1S/C22H24N4O2/c27-21(14-19-15-8-3-4-9-16(15)22(28)26-19)23-13-7-1-2-12-20-24-17-10-5-6-11-18(17)25-20/h3-6,8-11,19H,1-2,7,12-14H2,(H,23,27)(H,24,25)(H,26,28). The van der Waals surface area contributed by atoms with Crippen molar-refractivity contribution in [1.82, 2.24) is 20.6 Å². The topological polar surface area (TPSA) is 86.9 Å². The van der Waals surface area contributed by atoms with Crippen molar-refractivity contribution in [2.24, 2.45) is 0 Å². The molecular weight excluding hydrogens is 352 g/mol. The first-order valence-corrected chi connectivity index (χ1v) is 9.81. The number of amides is 2. The maximum absolute atomic E-state index is 12.2. The van der Waals surface area contributed by atoms with Gasteiger partial charge in [-0.05, 0) is 36.6 Å². The zero-order valence-corrected chi connectivity index (χ0v) is 15.7.